The molecule has 0 saturated heterocycles. The second kappa shape index (κ2) is 27.4. The molecule has 3 amide bonds. The summed E-state index contributed by atoms with van der Waals surface area (Å²) >= 11 is 0. The Hall–Kier alpha value is -6.63. The number of hydrogen-bond acceptors (Lipinski definition) is 12. The van der Waals surface area contributed by atoms with Gasteiger partial charge in [0, 0.05) is 37.0 Å². The number of carbonyl (C=O) groups excluding carboxylic acids is 4. The third-order valence-electron chi connectivity index (χ3n) is 15.8. The van der Waals surface area contributed by atoms with Gasteiger partial charge in [-0.25, -0.2) is 13.5 Å². The highest BCUT2D eigenvalue weighted by Gasteiger charge is 2.26. The molecular weight excluding hydrogens is 1020 g/mol. The van der Waals surface area contributed by atoms with Gasteiger partial charge in [0.05, 0.1) is 91.9 Å². The number of aliphatic hydroxyl groups is 3. The van der Waals surface area contributed by atoms with Gasteiger partial charge in [-0.05, 0) is 168 Å². The minimum atomic E-state index is -0.762. The molecule has 0 bridgehead atoms. The summed E-state index contributed by atoms with van der Waals surface area (Å²) in [5.41, 5.74) is 7.02. The van der Waals surface area contributed by atoms with Gasteiger partial charge in [-0.1, -0.05) is 64.4 Å². The van der Waals surface area contributed by atoms with Gasteiger partial charge in [0.2, 0.25) is 11.8 Å². The normalized spacial score (nSPS) is 15.8. The molecule has 3 aliphatic rings. The second-order valence-electron chi connectivity index (χ2n) is 24.7. The van der Waals surface area contributed by atoms with E-state index in [1.165, 1.54) is 51.9 Å². The maximum atomic E-state index is 12.7. The fraction of sp³-hybridized carbons (Fsp3) is 0.571. The van der Waals surface area contributed by atoms with Crippen molar-refractivity contribution in [3.05, 3.63) is 95.5 Å². The second-order valence-corrected chi connectivity index (χ2v) is 24.7. The van der Waals surface area contributed by atoms with Crippen LogP contribution in [-0.2, 0) is 28.9 Å². The minimum absolute atomic E-state index is 0.00307. The van der Waals surface area contributed by atoms with Crippen LogP contribution in [-0.4, -0.2) is 98.6 Å². The third kappa shape index (κ3) is 18.2. The average Bonchev–Trinajstić information content (AvgIpc) is 4.18. The molecular formula is C63H90N10O8. The molecule has 3 fully saturated rings. The zero-order valence-corrected chi connectivity index (χ0v) is 49.6. The molecule has 3 aliphatic carbocycles. The van der Waals surface area contributed by atoms with E-state index in [-0.39, 0.29) is 35.3 Å². The van der Waals surface area contributed by atoms with Gasteiger partial charge in [0.25, 0.3) is 5.91 Å². The van der Waals surface area contributed by atoms with Gasteiger partial charge in [-0.2, -0.15) is 15.3 Å². The molecule has 18 heteroatoms. The number of allylic oxidation sites excluding steroid dienone is 1. The number of methoxy groups -OCH3 is 1. The van der Waals surface area contributed by atoms with Crippen molar-refractivity contribution in [2.24, 2.45) is 17.8 Å². The van der Waals surface area contributed by atoms with Gasteiger partial charge in [0.15, 0.2) is 11.5 Å². The number of amides is 3. The van der Waals surface area contributed by atoms with Gasteiger partial charge in [-0.15, -0.1) is 0 Å². The quantitative estimate of drug-likeness (QED) is 0.0375. The first-order valence-corrected chi connectivity index (χ1v) is 29.4. The molecule has 6 aromatic heterocycles. The summed E-state index contributed by atoms with van der Waals surface area (Å²) in [7, 11) is 3.24. The Labute approximate surface area is 477 Å². The molecule has 7 N–H and O–H groups in total. The number of ether oxygens (including phenoxy) is 1. The molecule has 0 spiro atoms. The Morgan fingerprint density at radius 3 is 1.27 bits per heavy atom. The molecule has 0 atom stereocenters. The number of aromatic nitrogens is 6. The van der Waals surface area contributed by atoms with Crippen molar-refractivity contribution in [1.82, 2.24) is 34.2 Å². The molecule has 0 unspecified atom stereocenters. The summed E-state index contributed by atoms with van der Waals surface area (Å²) in [5.74, 6) is 0.943. The maximum Gasteiger partial charge on any atom is 0.254 e. The molecule has 18 nitrogen and oxygen atoms in total. The standard InChI is InChI=1S/C21H30N4O3.C21H29N3O3.C21H31N3O2/c1-21(2,28)10-9-15-11-16-12-18(17(20(27)22-3)13-25(16)24-15)23-19(26)14-7-5-4-6-8-14;1-14(25)18-13-24-17(11-16(23-24)9-10-21(2,3)27)12-19(18)22-20(26)15-7-5-4-6-8-15;1-15(16-8-6-5-7-9-16)22-19-13-18-12-17(10-11-21(2,3)25)23-24(18)14-20(19)26-4/h11-14,28H,4-10H2,1-3H3,(H,22,27)(H,23,26);11-13,15,27H,4-10H2,1-3H3,(H,22,26);12-14,16,22,25H,1,5-11H2,2-4H3. The van der Waals surface area contributed by atoms with Crippen LogP contribution in [0.3, 0.4) is 0 Å². The minimum Gasteiger partial charge on any atom is -0.493 e. The topological polar surface area (TPSA) is 238 Å². The largest absolute Gasteiger partial charge is 0.493 e. The van der Waals surface area contributed by atoms with Gasteiger partial charge >= 0.3 is 0 Å². The van der Waals surface area contributed by atoms with Crippen LogP contribution in [0.15, 0.2) is 67.3 Å². The van der Waals surface area contributed by atoms with Crippen molar-refractivity contribution in [2.75, 3.05) is 30.1 Å². The van der Waals surface area contributed by atoms with Gasteiger partial charge < -0.3 is 41.3 Å². The first-order valence-electron chi connectivity index (χ1n) is 29.4. The number of anilines is 3. The fourth-order valence-electron chi connectivity index (χ4n) is 10.9. The Kier molecular flexibility index (Phi) is 21.0. The number of pyridine rings is 3. The Balaban J connectivity index is 0.000000175. The van der Waals surface area contributed by atoms with Crippen LogP contribution >= 0.6 is 0 Å². The van der Waals surface area contributed by atoms with Crippen LogP contribution < -0.4 is 26.0 Å². The molecule has 3 saturated carbocycles. The lowest BCUT2D eigenvalue weighted by Gasteiger charge is -2.25. The van der Waals surface area contributed by atoms with Crippen LogP contribution in [0.5, 0.6) is 5.75 Å². The number of hydrogen-bond donors (Lipinski definition) is 7. The number of carbonyl (C=O) groups is 4. The van der Waals surface area contributed by atoms with Crippen LogP contribution in [0, 0.1) is 17.8 Å². The Morgan fingerprint density at radius 2 is 0.901 bits per heavy atom. The van der Waals surface area contributed by atoms with Gasteiger partial charge in [0.1, 0.15) is 0 Å². The molecule has 440 valence electrons. The Morgan fingerprint density at radius 1 is 0.543 bits per heavy atom. The number of ketones is 1. The van der Waals surface area contributed by atoms with E-state index in [1.807, 2.05) is 42.8 Å². The van der Waals surface area contributed by atoms with Crippen molar-refractivity contribution in [1.29, 1.82) is 0 Å². The molecule has 0 aliphatic heterocycles. The summed E-state index contributed by atoms with van der Waals surface area (Å²) < 4.78 is 10.7. The summed E-state index contributed by atoms with van der Waals surface area (Å²) in [4.78, 5) is 49.8. The van der Waals surface area contributed by atoms with Crippen molar-refractivity contribution < 1.29 is 39.2 Å². The van der Waals surface area contributed by atoms with E-state index in [4.69, 9.17) is 4.74 Å². The lowest BCUT2D eigenvalue weighted by atomic mass is 9.87. The highest BCUT2D eigenvalue weighted by molar-refractivity contribution is 6.05. The highest BCUT2D eigenvalue weighted by Crippen LogP contribution is 2.34. The summed E-state index contributed by atoms with van der Waals surface area (Å²) in [6, 6.07) is 11.6. The monoisotopic (exact) mass is 1110 g/mol. The van der Waals surface area contributed by atoms with Crippen molar-refractivity contribution in [3.63, 3.8) is 0 Å². The van der Waals surface area contributed by atoms with Crippen LogP contribution in [0.4, 0.5) is 17.1 Å². The predicted octanol–water partition coefficient (Wildman–Crippen LogP) is 11.2. The summed E-state index contributed by atoms with van der Waals surface area (Å²) in [6.07, 6.45) is 25.8. The van der Waals surface area contributed by atoms with Crippen molar-refractivity contribution >= 4 is 57.1 Å². The summed E-state index contributed by atoms with van der Waals surface area (Å²) in [5, 5.41) is 55.5. The first kappa shape index (κ1) is 62.0. The molecule has 9 rings (SSSR count). The zero-order valence-electron chi connectivity index (χ0n) is 49.6. The van der Waals surface area contributed by atoms with E-state index >= 15 is 0 Å². The van der Waals surface area contributed by atoms with E-state index in [2.05, 4.69) is 55.3 Å². The predicted molar refractivity (Wildman–Crippen MR) is 319 cm³/mol. The summed E-state index contributed by atoms with van der Waals surface area (Å²) in [6.45, 7) is 16.5. The number of fused-ring (bicyclic) bond motifs is 3. The lowest BCUT2D eigenvalue weighted by molar-refractivity contribution is -0.121. The number of Topliss-reactive ketones (excluding diaryl/α,β-unsaturated/α-hetero) is 1. The van der Waals surface area contributed by atoms with Crippen molar-refractivity contribution in [2.45, 2.75) is 200 Å². The average molecular weight is 1120 g/mol. The number of nitrogens with one attached hydrogen (secondary N) is 4. The SMILES string of the molecule is C=C(Nc1cc2cc(CCC(C)(C)O)nn2cc1OC)C1CCCCC1.CC(=O)c1cn2nc(CCC(C)(C)O)cc2cc1NC(=O)C1CCCCC1.CNC(=O)c1cn2nc(CCC(C)(C)O)cc2cc1NC(=O)C1CCCCC1. The first-order chi connectivity index (χ1) is 38.3. The number of nitrogens with zero attached hydrogens (tertiary/aromatic N) is 6. The van der Waals surface area contributed by atoms with Gasteiger partial charge in [-0.3, -0.25) is 19.2 Å². The van der Waals surface area contributed by atoms with E-state index in [9.17, 15) is 34.5 Å². The molecule has 0 aromatic carbocycles. The molecule has 6 heterocycles. The third-order valence-corrected chi connectivity index (χ3v) is 15.8. The van der Waals surface area contributed by atoms with Crippen molar-refractivity contribution in [3.8, 4) is 5.75 Å². The lowest BCUT2D eigenvalue weighted by Crippen LogP contribution is -2.27. The smallest absolute Gasteiger partial charge is 0.254 e. The fourth-order valence-corrected chi connectivity index (χ4v) is 10.9. The van der Waals surface area contributed by atoms with Crippen LogP contribution in [0.25, 0.3) is 16.6 Å². The number of aryl methyl sites for hydroxylation is 3. The van der Waals surface area contributed by atoms with E-state index in [1.54, 1.807) is 69.3 Å². The molecule has 0 radical (unpaired) electrons. The van der Waals surface area contributed by atoms with Crippen LogP contribution in [0.1, 0.15) is 202 Å². The maximum absolute atomic E-state index is 12.7. The Bertz CT molecular complexity index is 3130. The molecule has 81 heavy (non-hydrogen) atoms. The van der Waals surface area contributed by atoms with E-state index in [0.29, 0.717) is 60.5 Å². The van der Waals surface area contributed by atoms with E-state index in [0.717, 1.165) is 109 Å². The molecule has 6 aromatic rings. The van der Waals surface area contributed by atoms with E-state index < -0.39 is 16.8 Å². The number of rotatable bonds is 19. The highest BCUT2D eigenvalue weighted by atomic mass is 16.5. The van der Waals surface area contributed by atoms with Crippen LogP contribution in [0.2, 0.25) is 0 Å². The zero-order chi connectivity index (χ0) is 58.6.